The van der Waals surface area contributed by atoms with Gasteiger partial charge in [-0.3, -0.25) is 0 Å². The third-order valence-corrected chi connectivity index (χ3v) is 5.09. The first kappa shape index (κ1) is 15.5. The first-order valence-electron chi connectivity index (χ1n) is 5.90. The second-order valence-corrected chi connectivity index (χ2v) is 7.67. The van der Waals surface area contributed by atoms with Gasteiger partial charge in [0.15, 0.2) is 5.69 Å². The third-order valence-electron chi connectivity index (χ3n) is 2.64. The van der Waals surface area contributed by atoms with Gasteiger partial charge in [-0.15, -0.1) is 11.3 Å². The summed E-state index contributed by atoms with van der Waals surface area (Å²) < 4.78 is 0.800. The molecule has 2 aromatic rings. The second-order valence-electron chi connectivity index (χ2n) is 5.38. The molecule has 1 aromatic carbocycles. The van der Waals surface area contributed by atoms with Gasteiger partial charge in [-0.2, -0.15) is 0 Å². The Morgan fingerprint density at radius 3 is 2.60 bits per heavy atom. The zero-order chi connectivity index (χ0) is 15.1. The average Bonchev–Trinajstić information content (AvgIpc) is 2.77. The van der Waals surface area contributed by atoms with Gasteiger partial charge >= 0.3 is 5.97 Å². The molecule has 0 fully saturated rings. The van der Waals surface area contributed by atoms with E-state index in [9.17, 15) is 9.90 Å². The lowest BCUT2D eigenvalue weighted by atomic mass is 9.98. The largest absolute Gasteiger partial charge is 0.476 e. The molecule has 1 N–H and O–H groups in total. The van der Waals surface area contributed by atoms with Crippen LogP contribution in [0.5, 0.6) is 0 Å². The predicted octanol–water partition coefficient (Wildman–Crippen LogP) is 5.22. The maximum Gasteiger partial charge on any atom is 0.356 e. The molecule has 3 nitrogen and oxygen atoms in total. The predicted molar refractivity (Wildman–Crippen MR) is 85.9 cm³/mol. The van der Waals surface area contributed by atoms with Crippen molar-refractivity contribution in [1.82, 2.24) is 4.98 Å². The SMILES string of the molecule is CC(C)(C)c1nc(C(=O)O)c(-c2cc(Cl)ccc2Br)s1. The highest BCUT2D eigenvalue weighted by Crippen LogP contribution is 2.40. The van der Waals surface area contributed by atoms with Crippen molar-refractivity contribution in [3.8, 4) is 10.4 Å². The fourth-order valence-electron chi connectivity index (χ4n) is 1.64. The molecule has 6 heteroatoms. The lowest BCUT2D eigenvalue weighted by molar-refractivity contribution is 0.0692. The van der Waals surface area contributed by atoms with E-state index in [1.54, 1.807) is 18.2 Å². The monoisotopic (exact) mass is 373 g/mol. The minimum Gasteiger partial charge on any atom is -0.476 e. The van der Waals surface area contributed by atoms with E-state index in [1.807, 2.05) is 20.8 Å². The van der Waals surface area contributed by atoms with E-state index in [2.05, 4.69) is 20.9 Å². The number of hydrogen-bond donors (Lipinski definition) is 1. The van der Waals surface area contributed by atoms with Crippen molar-refractivity contribution in [2.45, 2.75) is 26.2 Å². The summed E-state index contributed by atoms with van der Waals surface area (Å²) in [6, 6.07) is 5.30. The molecule has 20 heavy (non-hydrogen) atoms. The van der Waals surface area contributed by atoms with Crippen LogP contribution in [-0.2, 0) is 5.41 Å². The molecule has 0 amide bonds. The number of carboxylic acids is 1. The first-order chi connectivity index (χ1) is 9.20. The van der Waals surface area contributed by atoms with Crippen LogP contribution in [0.15, 0.2) is 22.7 Å². The number of rotatable bonds is 2. The van der Waals surface area contributed by atoms with Crippen molar-refractivity contribution in [2.24, 2.45) is 0 Å². The Hall–Kier alpha value is -0.910. The highest BCUT2D eigenvalue weighted by atomic mass is 79.9. The number of aromatic nitrogens is 1. The summed E-state index contributed by atoms with van der Waals surface area (Å²) in [5.41, 5.74) is 0.629. The van der Waals surface area contributed by atoms with E-state index < -0.39 is 5.97 Å². The molecule has 1 heterocycles. The summed E-state index contributed by atoms with van der Waals surface area (Å²) in [5, 5.41) is 10.7. The molecule has 2 rings (SSSR count). The fraction of sp³-hybridized carbons (Fsp3) is 0.286. The minimum absolute atomic E-state index is 0.0721. The molecule has 0 unspecified atom stereocenters. The summed E-state index contributed by atoms with van der Waals surface area (Å²) in [4.78, 5) is 16.3. The van der Waals surface area contributed by atoms with E-state index in [-0.39, 0.29) is 11.1 Å². The van der Waals surface area contributed by atoms with E-state index in [0.717, 1.165) is 15.0 Å². The van der Waals surface area contributed by atoms with Crippen LogP contribution in [0.25, 0.3) is 10.4 Å². The van der Waals surface area contributed by atoms with Gasteiger partial charge < -0.3 is 5.11 Å². The molecular formula is C14H13BrClNO2S. The zero-order valence-corrected chi connectivity index (χ0v) is 14.4. The highest BCUT2D eigenvalue weighted by molar-refractivity contribution is 9.10. The van der Waals surface area contributed by atoms with Crippen LogP contribution in [0, 0.1) is 0 Å². The molecule has 0 spiro atoms. The summed E-state index contributed by atoms with van der Waals surface area (Å²) in [6.45, 7) is 6.02. The molecule has 0 saturated carbocycles. The summed E-state index contributed by atoms with van der Waals surface area (Å²) >= 11 is 10.8. The van der Waals surface area contributed by atoms with Crippen LogP contribution in [0.3, 0.4) is 0 Å². The van der Waals surface area contributed by atoms with Crippen molar-refractivity contribution in [3.05, 3.63) is 38.4 Å². The Kier molecular flexibility index (Phi) is 4.23. The fourth-order valence-corrected chi connectivity index (χ4v) is 3.53. The topological polar surface area (TPSA) is 50.2 Å². The zero-order valence-electron chi connectivity index (χ0n) is 11.2. The van der Waals surface area contributed by atoms with Crippen molar-refractivity contribution in [1.29, 1.82) is 0 Å². The van der Waals surface area contributed by atoms with Crippen LogP contribution in [0.1, 0.15) is 36.3 Å². The lowest BCUT2D eigenvalue weighted by Gasteiger charge is -2.13. The van der Waals surface area contributed by atoms with Crippen molar-refractivity contribution < 1.29 is 9.90 Å². The molecule has 0 saturated heterocycles. The Morgan fingerprint density at radius 2 is 2.05 bits per heavy atom. The maximum absolute atomic E-state index is 11.4. The lowest BCUT2D eigenvalue weighted by Crippen LogP contribution is -2.11. The Labute approximate surface area is 134 Å². The molecule has 1 aromatic heterocycles. The Balaban J connectivity index is 2.69. The van der Waals surface area contributed by atoms with Gasteiger partial charge in [0.2, 0.25) is 0 Å². The van der Waals surface area contributed by atoms with Gasteiger partial charge in [0, 0.05) is 20.5 Å². The minimum atomic E-state index is -1.03. The van der Waals surface area contributed by atoms with Crippen LogP contribution >= 0.6 is 38.9 Å². The number of carboxylic acid groups (broad SMARTS) is 1. The number of hydrogen-bond acceptors (Lipinski definition) is 3. The Bertz CT molecular complexity index is 676. The van der Waals surface area contributed by atoms with Crippen molar-refractivity contribution in [3.63, 3.8) is 0 Å². The maximum atomic E-state index is 11.4. The number of halogens is 2. The standard InChI is InChI=1S/C14H13BrClNO2S/c1-14(2,3)13-17-10(12(18)19)11(20-13)8-6-7(16)4-5-9(8)15/h4-6H,1-3H3,(H,18,19). The number of thiazole rings is 1. The average molecular weight is 375 g/mol. The van der Waals surface area contributed by atoms with Crippen molar-refractivity contribution >= 4 is 44.8 Å². The van der Waals surface area contributed by atoms with E-state index in [0.29, 0.717) is 9.90 Å². The van der Waals surface area contributed by atoms with Crippen molar-refractivity contribution in [2.75, 3.05) is 0 Å². The van der Waals surface area contributed by atoms with Crippen LogP contribution < -0.4 is 0 Å². The third kappa shape index (κ3) is 3.05. The molecule has 0 aliphatic carbocycles. The van der Waals surface area contributed by atoms with E-state index in [1.165, 1.54) is 11.3 Å². The summed E-state index contributed by atoms with van der Waals surface area (Å²) in [7, 11) is 0. The molecule has 0 aliphatic heterocycles. The number of aromatic carboxylic acids is 1. The molecule has 0 bridgehead atoms. The highest BCUT2D eigenvalue weighted by Gasteiger charge is 2.26. The van der Waals surface area contributed by atoms with Crippen LogP contribution in [0.2, 0.25) is 5.02 Å². The van der Waals surface area contributed by atoms with E-state index in [4.69, 9.17) is 11.6 Å². The second kappa shape index (κ2) is 5.47. The van der Waals surface area contributed by atoms with Crippen LogP contribution in [0.4, 0.5) is 0 Å². The van der Waals surface area contributed by atoms with Gasteiger partial charge in [-0.25, -0.2) is 9.78 Å². The van der Waals surface area contributed by atoms with Gasteiger partial charge in [0.05, 0.1) is 9.88 Å². The number of benzene rings is 1. The normalized spacial score (nSPS) is 11.7. The molecule has 106 valence electrons. The molecule has 0 atom stereocenters. The molecular weight excluding hydrogens is 362 g/mol. The smallest absolute Gasteiger partial charge is 0.356 e. The van der Waals surface area contributed by atoms with Gasteiger partial charge in [-0.1, -0.05) is 48.3 Å². The molecule has 0 aliphatic rings. The first-order valence-corrected chi connectivity index (χ1v) is 7.89. The van der Waals surface area contributed by atoms with E-state index >= 15 is 0 Å². The summed E-state index contributed by atoms with van der Waals surface area (Å²) in [6.07, 6.45) is 0. The van der Waals surface area contributed by atoms with Gasteiger partial charge in [0.1, 0.15) is 0 Å². The van der Waals surface area contributed by atoms with Crippen LogP contribution in [-0.4, -0.2) is 16.1 Å². The quantitative estimate of drug-likeness (QED) is 0.784. The number of nitrogens with zero attached hydrogens (tertiary/aromatic N) is 1. The van der Waals surface area contributed by atoms with Gasteiger partial charge in [-0.05, 0) is 18.2 Å². The van der Waals surface area contributed by atoms with Gasteiger partial charge in [0.25, 0.3) is 0 Å². The number of carbonyl (C=O) groups is 1. The Morgan fingerprint density at radius 1 is 1.40 bits per heavy atom. The summed E-state index contributed by atoms with van der Waals surface area (Å²) in [5.74, 6) is -1.03. The molecule has 0 radical (unpaired) electrons.